The van der Waals surface area contributed by atoms with Crippen molar-refractivity contribution in [3.63, 3.8) is 0 Å². The number of nitrogens with one attached hydrogen (secondary N) is 1. The van der Waals surface area contributed by atoms with Gasteiger partial charge < -0.3 is 5.32 Å². The summed E-state index contributed by atoms with van der Waals surface area (Å²) in [5.74, 6) is 0.995. The van der Waals surface area contributed by atoms with E-state index in [1.165, 1.54) is 16.7 Å². The molecule has 0 fully saturated rings. The third kappa shape index (κ3) is 4.09. The SMILES string of the molecule is CCNC(CSc1ccccn1)c1ccc(C)cc1C. The minimum atomic E-state index is 0.368. The van der Waals surface area contributed by atoms with Crippen molar-refractivity contribution in [2.24, 2.45) is 0 Å². The molecule has 0 spiro atoms. The van der Waals surface area contributed by atoms with Crippen molar-refractivity contribution in [2.45, 2.75) is 31.8 Å². The van der Waals surface area contributed by atoms with Gasteiger partial charge in [-0.05, 0) is 43.7 Å². The number of hydrogen-bond donors (Lipinski definition) is 1. The lowest BCUT2D eigenvalue weighted by Crippen LogP contribution is -2.23. The summed E-state index contributed by atoms with van der Waals surface area (Å²) in [6.45, 7) is 7.46. The molecule has 0 aliphatic rings. The van der Waals surface area contributed by atoms with Gasteiger partial charge in [0.25, 0.3) is 0 Å². The van der Waals surface area contributed by atoms with Crippen LogP contribution in [0.4, 0.5) is 0 Å². The summed E-state index contributed by atoms with van der Waals surface area (Å²) in [7, 11) is 0. The third-order valence-corrected chi connectivity index (χ3v) is 4.32. The number of aromatic nitrogens is 1. The monoisotopic (exact) mass is 286 g/mol. The molecule has 1 aromatic carbocycles. The lowest BCUT2D eigenvalue weighted by molar-refractivity contribution is 0.603. The zero-order chi connectivity index (χ0) is 14.4. The lowest BCUT2D eigenvalue weighted by atomic mass is 10.0. The Balaban J connectivity index is 2.10. The average Bonchev–Trinajstić information content (AvgIpc) is 2.45. The predicted molar refractivity (Wildman–Crippen MR) is 87.3 cm³/mol. The number of aryl methyl sites for hydroxylation is 2. The lowest BCUT2D eigenvalue weighted by Gasteiger charge is -2.20. The Hall–Kier alpha value is -1.32. The molecule has 2 rings (SSSR count). The first-order valence-corrected chi connectivity index (χ1v) is 8.03. The van der Waals surface area contributed by atoms with Gasteiger partial charge in [-0.15, -0.1) is 11.8 Å². The van der Waals surface area contributed by atoms with Gasteiger partial charge in [-0.1, -0.05) is 36.8 Å². The quantitative estimate of drug-likeness (QED) is 0.808. The van der Waals surface area contributed by atoms with Crippen molar-refractivity contribution in [1.29, 1.82) is 0 Å². The van der Waals surface area contributed by atoms with Crippen LogP contribution in [0, 0.1) is 13.8 Å². The second-order valence-electron chi connectivity index (χ2n) is 4.95. The minimum Gasteiger partial charge on any atom is -0.309 e. The Morgan fingerprint density at radius 3 is 2.70 bits per heavy atom. The summed E-state index contributed by atoms with van der Waals surface area (Å²) in [5, 5.41) is 4.66. The van der Waals surface area contributed by atoms with Gasteiger partial charge in [0.1, 0.15) is 0 Å². The molecular formula is C17H22N2S. The van der Waals surface area contributed by atoms with Gasteiger partial charge in [0, 0.05) is 18.0 Å². The van der Waals surface area contributed by atoms with Crippen LogP contribution in [-0.4, -0.2) is 17.3 Å². The Morgan fingerprint density at radius 1 is 1.20 bits per heavy atom. The number of nitrogens with zero attached hydrogens (tertiary/aromatic N) is 1. The molecule has 0 saturated heterocycles. The van der Waals surface area contributed by atoms with Crippen molar-refractivity contribution in [1.82, 2.24) is 10.3 Å². The van der Waals surface area contributed by atoms with Crippen molar-refractivity contribution in [2.75, 3.05) is 12.3 Å². The molecule has 1 aromatic heterocycles. The first-order valence-electron chi connectivity index (χ1n) is 7.05. The highest BCUT2D eigenvalue weighted by Gasteiger charge is 2.13. The highest BCUT2D eigenvalue weighted by atomic mass is 32.2. The van der Waals surface area contributed by atoms with Crippen LogP contribution in [0.25, 0.3) is 0 Å². The van der Waals surface area contributed by atoms with Gasteiger partial charge in [-0.25, -0.2) is 4.98 Å². The van der Waals surface area contributed by atoms with Gasteiger partial charge >= 0.3 is 0 Å². The standard InChI is InChI=1S/C17H22N2S/c1-4-18-16(12-20-17-7-5-6-10-19-17)15-9-8-13(2)11-14(15)3/h5-11,16,18H,4,12H2,1-3H3. The van der Waals surface area contributed by atoms with Crippen LogP contribution in [0.3, 0.4) is 0 Å². The van der Waals surface area contributed by atoms with Crippen LogP contribution >= 0.6 is 11.8 Å². The number of thioether (sulfide) groups is 1. The smallest absolute Gasteiger partial charge is 0.0960 e. The maximum absolute atomic E-state index is 4.38. The molecule has 1 unspecified atom stereocenters. The number of rotatable bonds is 6. The molecular weight excluding hydrogens is 264 g/mol. The summed E-state index contributed by atoms with van der Waals surface area (Å²) in [6.07, 6.45) is 1.85. The Morgan fingerprint density at radius 2 is 2.05 bits per heavy atom. The molecule has 1 heterocycles. The van der Waals surface area contributed by atoms with Crippen molar-refractivity contribution < 1.29 is 0 Å². The predicted octanol–water partition coefficient (Wildman–Crippen LogP) is 4.14. The fraction of sp³-hybridized carbons (Fsp3) is 0.353. The van der Waals surface area contributed by atoms with E-state index in [0.29, 0.717) is 6.04 Å². The van der Waals surface area contributed by atoms with Crippen LogP contribution in [0.2, 0.25) is 0 Å². The first-order chi connectivity index (χ1) is 9.70. The molecule has 0 aliphatic carbocycles. The highest BCUT2D eigenvalue weighted by molar-refractivity contribution is 7.99. The Kier molecular flexibility index (Phi) is 5.62. The van der Waals surface area contributed by atoms with Gasteiger partial charge in [-0.3, -0.25) is 0 Å². The minimum absolute atomic E-state index is 0.368. The summed E-state index contributed by atoms with van der Waals surface area (Å²) >= 11 is 1.80. The largest absolute Gasteiger partial charge is 0.309 e. The van der Waals surface area contributed by atoms with E-state index >= 15 is 0 Å². The zero-order valence-corrected chi connectivity index (χ0v) is 13.2. The topological polar surface area (TPSA) is 24.9 Å². The van der Waals surface area contributed by atoms with Crippen molar-refractivity contribution in [3.8, 4) is 0 Å². The molecule has 0 radical (unpaired) electrons. The van der Waals surface area contributed by atoms with Crippen LogP contribution in [0.1, 0.15) is 29.7 Å². The molecule has 2 nitrogen and oxygen atoms in total. The van der Waals surface area contributed by atoms with E-state index in [0.717, 1.165) is 17.3 Å². The van der Waals surface area contributed by atoms with E-state index in [-0.39, 0.29) is 0 Å². The van der Waals surface area contributed by atoms with E-state index in [1.807, 2.05) is 18.3 Å². The third-order valence-electron chi connectivity index (χ3n) is 3.29. The fourth-order valence-corrected chi connectivity index (χ4v) is 3.27. The summed E-state index contributed by atoms with van der Waals surface area (Å²) in [6, 6.07) is 13.1. The zero-order valence-electron chi connectivity index (χ0n) is 12.4. The van der Waals surface area contributed by atoms with Crippen LogP contribution in [0.15, 0.2) is 47.6 Å². The van der Waals surface area contributed by atoms with Gasteiger partial charge in [0.15, 0.2) is 0 Å². The van der Waals surface area contributed by atoms with Crippen molar-refractivity contribution >= 4 is 11.8 Å². The molecule has 106 valence electrons. The van der Waals surface area contributed by atoms with Crippen LogP contribution < -0.4 is 5.32 Å². The fourth-order valence-electron chi connectivity index (χ4n) is 2.32. The van der Waals surface area contributed by atoms with Crippen LogP contribution in [0.5, 0.6) is 0 Å². The molecule has 0 aliphatic heterocycles. The highest BCUT2D eigenvalue weighted by Crippen LogP contribution is 2.25. The van der Waals surface area contributed by atoms with Gasteiger partial charge in [-0.2, -0.15) is 0 Å². The second-order valence-corrected chi connectivity index (χ2v) is 5.99. The van der Waals surface area contributed by atoms with Crippen LogP contribution in [-0.2, 0) is 0 Å². The number of hydrogen-bond acceptors (Lipinski definition) is 3. The summed E-state index contributed by atoms with van der Waals surface area (Å²) in [5.41, 5.74) is 4.07. The molecule has 20 heavy (non-hydrogen) atoms. The molecule has 1 N–H and O–H groups in total. The Labute approximate surface area is 126 Å². The average molecular weight is 286 g/mol. The van der Waals surface area contributed by atoms with Crippen molar-refractivity contribution in [3.05, 3.63) is 59.3 Å². The molecule has 3 heteroatoms. The van der Waals surface area contributed by atoms with E-state index in [4.69, 9.17) is 0 Å². The molecule has 0 bridgehead atoms. The van der Waals surface area contributed by atoms with Gasteiger partial charge in [0.2, 0.25) is 0 Å². The summed E-state index contributed by atoms with van der Waals surface area (Å²) in [4.78, 5) is 4.38. The summed E-state index contributed by atoms with van der Waals surface area (Å²) < 4.78 is 0. The second kappa shape index (κ2) is 7.46. The maximum Gasteiger partial charge on any atom is 0.0960 e. The van der Waals surface area contributed by atoms with E-state index in [1.54, 1.807) is 11.8 Å². The molecule has 1 atom stereocenters. The molecule has 2 aromatic rings. The van der Waals surface area contributed by atoms with E-state index in [2.05, 4.69) is 55.3 Å². The normalized spacial score (nSPS) is 12.3. The van der Waals surface area contributed by atoms with E-state index in [9.17, 15) is 0 Å². The maximum atomic E-state index is 4.38. The number of benzene rings is 1. The van der Waals surface area contributed by atoms with E-state index < -0.39 is 0 Å². The Bertz CT molecular complexity index is 540. The number of pyridine rings is 1. The van der Waals surface area contributed by atoms with Gasteiger partial charge in [0.05, 0.1) is 5.03 Å². The first kappa shape index (κ1) is 15.1. The molecule has 0 amide bonds. The molecule has 0 saturated carbocycles.